The minimum Gasteiger partial charge on any atom is -0.396 e. The van der Waals surface area contributed by atoms with Crippen LogP contribution in [0.5, 0.6) is 0 Å². The molecular weight excluding hydrogens is 268 g/mol. The fourth-order valence-corrected chi connectivity index (χ4v) is 2.74. The largest absolute Gasteiger partial charge is 0.396 e. The lowest BCUT2D eigenvalue weighted by atomic mass is 9.85. The molecule has 1 aromatic rings. The summed E-state index contributed by atoms with van der Waals surface area (Å²) in [7, 11) is 0. The van der Waals surface area contributed by atoms with Crippen molar-refractivity contribution in [2.24, 2.45) is 5.92 Å². The maximum atomic E-state index is 12.0. The number of para-hydroxylation sites is 1. The third kappa shape index (κ3) is 4.04. The van der Waals surface area contributed by atoms with Gasteiger partial charge in [0.15, 0.2) is 0 Å². The molecule has 2 atom stereocenters. The number of benzene rings is 1. The second-order valence-electron chi connectivity index (χ2n) is 5.58. The van der Waals surface area contributed by atoms with E-state index in [9.17, 15) is 14.7 Å². The number of hydrogen-bond acceptors (Lipinski definition) is 3. The topological polar surface area (TPSA) is 78.4 Å². The van der Waals surface area contributed by atoms with Crippen molar-refractivity contribution in [2.75, 3.05) is 11.9 Å². The molecule has 3 N–H and O–H groups in total. The summed E-state index contributed by atoms with van der Waals surface area (Å²) in [5.41, 5.74) is 1.55. The Hall–Kier alpha value is -1.88. The Morgan fingerprint density at radius 1 is 1.19 bits per heavy atom. The van der Waals surface area contributed by atoms with Crippen LogP contribution in [0.3, 0.4) is 0 Å². The van der Waals surface area contributed by atoms with E-state index in [0.717, 1.165) is 31.2 Å². The molecule has 2 unspecified atom stereocenters. The number of aliphatic hydroxyl groups is 1. The van der Waals surface area contributed by atoms with Crippen molar-refractivity contribution in [2.45, 2.75) is 38.6 Å². The van der Waals surface area contributed by atoms with Gasteiger partial charge in [0.25, 0.3) is 0 Å². The Morgan fingerprint density at radius 2 is 1.90 bits per heavy atom. The van der Waals surface area contributed by atoms with Crippen molar-refractivity contribution in [3.05, 3.63) is 29.8 Å². The van der Waals surface area contributed by atoms with Crippen molar-refractivity contribution < 1.29 is 14.7 Å². The van der Waals surface area contributed by atoms with Gasteiger partial charge in [-0.05, 0) is 31.4 Å². The van der Waals surface area contributed by atoms with Gasteiger partial charge < -0.3 is 15.7 Å². The van der Waals surface area contributed by atoms with Crippen LogP contribution in [0.2, 0.25) is 0 Å². The highest BCUT2D eigenvalue weighted by Crippen LogP contribution is 2.24. The number of rotatable bonds is 3. The number of aryl methyl sites for hydroxylation is 1. The van der Waals surface area contributed by atoms with Crippen LogP contribution in [-0.2, 0) is 9.59 Å². The predicted octanol–water partition coefficient (Wildman–Crippen LogP) is 1.60. The summed E-state index contributed by atoms with van der Waals surface area (Å²) in [6.07, 6.45) is 3.78. The van der Waals surface area contributed by atoms with Crippen LogP contribution in [0.4, 0.5) is 5.69 Å². The molecule has 0 bridgehead atoms. The zero-order chi connectivity index (χ0) is 15.2. The lowest BCUT2D eigenvalue weighted by Gasteiger charge is -2.30. The van der Waals surface area contributed by atoms with Crippen LogP contribution in [0, 0.1) is 12.8 Å². The Balaban J connectivity index is 1.93. The van der Waals surface area contributed by atoms with E-state index in [0.29, 0.717) is 5.69 Å². The number of nitrogens with one attached hydrogen (secondary N) is 2. The summed E-state index contributed by atoms with van der Waals surface area (Å²) in [6.45, 7) is 1.92. The van der Waals surface area contributed by atoms with Gasteiger partial charge in [-0.1, -0.05) is 31.0 Å². The summed E-state index contributed by atoms with van der Waals surface area (Å²) in [4.78, 5) is 23.9. The van der Waals surface area contributed by atoms with Gasteiger partial charge in [0.1, 0.15) is 0 Å². The molecule has 2 rings (SSSR count). The summed E-state index contributed by atoms with van der Waals surface area (Å²) in [6, 6.07) is 7.20. The molecule has 0 radical (unpaired) electrons. The van der Waals surface area contributed by atoms with Crippen molar-refractivity contribution in [1.29, 1.82) is 0 Å². The highest BCUT2D eigenvalue weighted by Gasteiger charge is 2.27. The van der Waals surface area contributed by atoms with E-state index in [2.05, 4.69) is 10.6 Å². The fraction of sp³-hybridized carbons (Fsp3) is 0.500. The average molecular weight is 290 g/mol. The molecule has 0 spiro atoms. The minimum absolute atomic E-state index is 0.0460. The molecule has 0 saturated heterocycles. The average Bonchev–Trinajstić information content (AvgIpc) is 2.50. The number of carbonyl (C=O) groups excluding carboxylic acids is 2. The van der Waals surface area contributed by atoms with Crippen LogP contribution >= 0.6 is 0 Å². The van der Waals surface area contributed by atoms with Crippen LogP contribution in [0.25, 0.3) is 0 Å². The standard InChI is InChI=1S/C16H22N2O3/c1-11-6-2-4-8-13(11)17-15(20)16(21)18-14-9-5-3-7-12(14)10-19/h2,4,6,8,12,14,19H,3,5,7,9-10H2,1H3,(H,17,20)(H,18,21). The Morgan fingerprint density at radius 3 is 2.62 bits per heavy atom. The predicted molar refractivity (Wildman–Crippen MR) is 80.8 cm³/mol. The highest BCUT2D eigenvalue weighted by molar-refractivity contribution is 6.39. The van der Waals surface area contributed by atoms with Gasteiger partial charge in [0, 0.05) is 24.3 Å². The van der Waals surface area contributed by atoms with Gasteiger partial charge in [-0.3, -0.25) is 9.59 Å². The lowest BCUT2D eigenvalue weighted by molar-refractivity contribution is -0.137. The number of amides is 2. The summed E-state index contributed by atoms with van der Waals surface area (Å²) in [5.74, 6) is -1.25. The van der Waals surface area contributed by atoms with Gasteiger partial charge >= 0.3 is 11.8 Å². The molecule has 5 nitrogen and oxygen atoms in total. The maximum absolute atomic E-state index is 12.0. The molecule has 1 aromatic carbocycles. The van der Waals surface area contributed by atoms with E-state index in [1.165, 1.54) is 0 Å². The van der Waals surface area contributed by atoms with E-state index < -0.39 is 11.8 Å². The Bertz CT molecular complexity index is 516. The maximum Gasteiger partial charge on any atom is 0.313 e. The van der Waals surface area contributed by atoms with Crippen LogP contribution in [0.1, 0.15) is 31.2 Å². The highest BCUT2D eigenvalue weighted by atomic mass is 16.3. The van der Waals surface area contributed by atoms with E-state index in [-0.39, 0.29) is 18.6 Å². The van der Waals surface area contributed by atoms with Crippen molar-refractivity contribution in [3.8, 4) is 0 Å². The first-order valence-corrected chi connectivity index (χ1v) is 7.40. The first-order chi connectivity index (χ1) is 10.1. The monoisotopic (exact) mass is 290 g/mol. The molecule has 0 aromatic heterocycles. The van der Waals surface area contributed by atoms with Crippen molar-refractivity contribution in [3.63, 3.8) is 0 Å². The third-order valence-electron chi connectivity index (χ3n) is 4.06. The van der Waals surface area contributed by atoms with Gasteiger partial charge in [-0.25, -0.2) is 0 Å². The second-order valence-corrected chi connectivity index (χ2v) is 5.58. The zero-order valence-corrected chi connectivity index (χ0v) is 12.3. The second kappa shape index (κ2) is 7.22. The molecule has 21 heavy (non-hydrogen) atoms. The molecular formula is C16H22N2O3. The Labute approximate surface area is 124 Å². The molecule has 0 heterocycles. The van der Waals surface area contributed by atoms with E-state index in [1.54, 1.807) is 6.07 Å². The van der Waals surface area contributed by atoms with Crippen LogP contribution < -0.4 is 10.6 Å². The molecule has 1 saturated carbocycles. The van der Waals surface area contributed by atoms with E-state index in [1.807, 2.05) is 25.1 Å². The summed E-state index contributed by atoms with van der Waals surface area (Å²) in [5, 5.41) is 14.7. The van der Waals surface area contributed by atoms with Crippen molar-refractivity contribution >= 4 is 17.5 Å². The van der Waals surface area contributed by atoms with Gasteiger partial charge in [0.2, 0.25) is 0 Å². The summed E-state index contributed by atoms with van der Waals surface area (Å²) < 4.78 is 0. The Kier molecular flexibility index (Phi) is 5.33. The van der Waals surface area contributed by atoms with Crippen molar-refractivity contribution in [1.82, 2.24) is 5.32 Å². The molecule has 1 fully saturated rings. The fourth-order valence-electron chi connectivity index (χ4n) is 2.74. The SMILES string of the molecule is Cc1ccccc1NC(=O)C(=O)NC1CCCCC1CO. The molecule has 2 amide bonds. The van der Waals surface area contributed by atoms with E-state index in [4.69, 9.17) is 0 Å². The molecule has 1 aliphatic rings. The number of hydrogen-bond donors (Lipinski definition) is 3. The first-order valence-electron chi connectivity index (χ1n) is 7.40. The number of aliphatic hydroxyl groups excluding tert-OH is 1. The van der Waals surface area contributed by atoms with Gasteiger partial charge in [0.05, 0.1) is 0 Å². The molecule has 0 aliphatic heterocycles. The van der Waals surface area contributed by atoms with Gasteiger partial charge in [-0.15, -0.1) is 0 Å². The normalized spacial score (nSPS) is 21.6. The lowest BCUT2D eigenvalue weighted by Crippen LogP contribution is -2.47. The molecule has 114 valence electrons. The molecule has 1 aliphatic carbocycles. The summed E-state index contributed by atoms with van der Waals surface area (Å²) >= 11 is 0. The third-order valence-corrected chi connectivity index (χ3v) is 4.06. The number of carbonyl (C=O) groups is 2. The van der Waals surface area contributed by atoms with Crippen LogP contribution in [0.15, 0.2) is 24.3 Å². The van der Waals surface area contributed by atoms with E-state index >= 15 is 0 Å². The quantitative estimate of drug-likeness (QED) is 0.740. The van der Waals surface area contributed by atoms with Gasteiger partial charge in [-0.2, -0.15) is 0 Å². The zero-order valence-electron chi connectivity index (χ0n) is 12.3. The minimum atomic E-state index is -0.661. The van der Waals surface area contributed by atoms with Crippen LogP contribution in [-0.4, -0.2) is 29.6 Å². The smallest absolute Gasteiger partial charge is 0.313 e. The number of anilines is 1. The first kappa shape index (κ1) is 15.5. The molecule has 5 heteroatoms.